The monoisotopic (exact) mass is 377 g/mol. The van der Waals surface area contributed by atoms with Crippen LogP contribution in [0.2, 0.25) is 0 Å². The number of hydrogen-bond acceptors (Lipinski definition) is 3. The van der Waals surface area contributed by atoms with E-state index in [1.54, 1.807) is 25.3 Å². The van der Waals surface area contributed by atoms with Crippen LogP contribution in [0.3, 0.4) is 0 Å². The van der Waals surface area contributed by atoms with E-state index in [4.69, 9.17) is 4.74 Å². The Morgan fingerprint density at radius 1 is 1.19 bits per heavy atom. The minimum absolute atomic E-state index is 0.165. The van der Waals surface area contributed by atoms with Crippen LogP contribution in [0.5, 0.6) is 11.5 Å². The van der Waals surface area contributed by atoms with Gasteiger partial charge in [-0.1, -0.05) is 12.1 Å². The number of benzene rings is 2. The third-order valence-corrected chi connectivity index (χ3v) is 4.08. The van der Waals surface area contributed by atoms with Crippen LogP contribution in [-0.4, -0.2) is 31.3 Å². The van der Waals surface area contributed by atoms with E-state index in [9.17, 15) is 13.9 Å². The van der Waals surface area contributed by atoms with Crippen LogP contribution in [0.25, 0.3) is 0 Å². The standard InChI is InChI=1S/C20H25F2N3O2/c1-4-23-20(25-13(2)15-6-8-17(21)18(22)11-15)24-10-9-14-5-7-16(27-3)12-19(14)26/h5-8,11-13,26H,4,9-10H2,1-3H3,(H2,23,24,25). The Balaban J connectivity index is 2.01. The summed E-state index contributed by atoms with van der Waals surface area (Å²) in [7, 11) is 1.54. The van der Waals surface area contributed by atoms with E-state index < -0.39 is 11.6 Å². The minimum Gasteiger partial charge on any atom is -0.508 e. The Kier molecular flexibility index (Phi) is 7.40. The number of nitrogens with zero attached hydrogens (tertiary/aromatic N) is 1. The van der Waals surface area contributed by atoms with Crippen LogP contribution >= 0.6 is 0 Å². The summed E-state index contributed by atoms with van der Waals surface area (Å²) in [5.41, 5.74) is 1.39. The molecule has 0 aliphatic heterocycles. The molecule has 5 nitrogen and oxygen atoms in total. The number of nitrogens with one attached hydrogen (secondary N) is 2. The summed E-state index contributed by atoms with van der Waals surface area (Å²) < 4.78 is 31.6. The molecule has 1 unspecified atom stereocenters. The van der Waals surface area contributed by atoms with Gasteiger partial charge in [-0.3, -0.25) is 4.99 Å². The van der Waals surface area contributed by atoms with Gasteiger partial charge >= 0.3 is 0 Å². The summed E-state index contributed by atoms with van der Waals surface area (Å²) in [5.74, 6) is -0.431. The third kappa shape index (κ3) is 5.84. The zero-order valence-electron chi connectivity index (χ0n) is 15.7. The number of aliphatic imine (C=N–C) groups is 1. The molecular formula is C20H25F2N3O2. The highest BCUT2D eigenvalue weighted by molar-refractivity contribution is 5.80. The molecule has 0 amide bonds. The van der Waals surface area contributed by atoms with Crippen LogP contribution in [-0.2, 0) is 6.42 Å². The lowest BCUT2D eigenvalue weighted by molar-refractivity contribution is 0.406. The topological polar surface area (TPSA) is 65.9 Å². The number of phenols is 1. The van der Waals surface area contributed by atoms with Crippen molar-refractivity contribution in [2.24, 2.45) is 4.99 Å². The van der Waals surface area contributed by atoms with E-state index in [0.717, 1.165) is 11.6 Å². The molecule has 2 aromatic rings. The molecule has 7 heteroatoms. The molecule has 3 N–H and O–H groups in total. The van der Waals surface area contributed by atoms with Gasteiger partial charge in [0.2, 0.25) is 0 Å². The summed E-state index contributed by atoms with van der Waals surface area (Å²) in [6, 6.07) is 8.71. The number of hydrogen-bond donors (Lipinski definition) is 3. The first-order chi connectivity index (χ1) is 12.9. The Hall–Kier alpha value is -2.83. The highest BCUT2D eigenvalue weighted by Gasteiger charge is 2.11. The van der Waals surface area contributed by atoms with Crippen molar-refractivity contribution in [1.82, 2.24) is 10.6 Å². The molecule has 0 saturated heterocycles. The van der Waals surface area contributed by atoms with Crippen molar-refractivity contribution in [2.45, 2.75) is 26.3 Å². The second kappa shape index (κ2) is 9.75. The molecule has 0 aliphatic rings. The molecular weight excluding hydrogens is 352 g/mol. The maximum Gasteiger partial charge on any atom is 0.191 e. The number of aromatic hydroxyl groups is 1. The average Bonchev–Trinajstić information content (AvgIpc) is 2.65. The quantitative estimate of drug-likeness (QED) is 0.510. The van der Waals surface area contributed by atoms with Gasteiger partial charge in [-0.2, -0.15) is 0 Å². The van der Waals surface area contributed by atoms with E-state index >= 15 is 0 Å². The van der Waals surface area contributed by atoms with Gasteiger partial charge in [0.1, 0.15) is 11.5 Å². The zero-order valence-corrected chi connectivity index (χ0v) is 15.7. The van der Waals surface area contributed by atoms with Crippen molar-refractivity contribution in [2.75, 3.05) is 20.2 Å². The van der Waals surface area contributed by atoms with E-state index in [1.807, 2.05) is 13.8 Å². The van der Waals surface area contributed by atoms with Crippen molar-refractivity contribution in [3.63, 3.8) is 0 Å². The third-order valence-electron chi connectivity index (χ3n) is 4.08. The van der Waals surface area contributed by atoms with Crippen LogP contribution in [0.15, 0.2) is 41.4 Å². The van der Waals surface area contributed by atoms with Gasteiger partial charge in [0, 0.05) is 19.2 Å². The van der Waals surface area contributed by atoms with Gasteiger partial charge in [-0.15, -0.1) is 0 Å². The van der Waals surface area contributed by atoms with Crippen LogP contribution in [0.1, 0.15) is 31.0 Å². The number of phenolic OH excluding ortho intramolecular Hbond substituents is 1. The molecule has 27 heavy (non-hydrogen) atoms. The molecule has 0 saturated carbocycles. The van der Waals surface area contributed by atoms with Crippen molar-refractivity contribution in [1.29, 1.82) is 0 Å². The Labute approximate surface area is 158 Å². The van der Waals surface area contributed by atoms with Crippen LogP contribution < -0.4 is 15.4 Å². The second-order valence-corrected chi connectivity index (χ2v) is 6.04. The number of guanidine groups is 1. The van der Waals surface area contributed by atoms with Gasteiger partial charge < -0.3 is 20.5 Å². The van der Waals surface area contributed by atoms with E-state index in [-0.39, 0.29) is 11.8 Å². The minimum atomic E-state index is -0.877. The fourth-order valence-corrected chi connectivity index (χ4v) is 2.56. The molecule has 2 aromatic carbocycles. The number of methoxy groups -OCH3 is 1. The lowest BCUT2D eigenvalue weighted by Crippen LogP contribution is -2.39. The molecule has 2 rings (SSSR count). The average molecular weight is 377 g/mol. The summed E-state index contributed by atoms with van der Waals surface area (Å²) in [4.78, 5) is 4.48. The summed E-state index contributed by atoms with van der Waals surface area (Å²) in [5, 5.41) is 16.3. The van der Waals surface area contributed by atoms with Crippen LogP contribution in [0.4, 0.5) is 8.78 Å². The predicted molar refractivity (Wildman–Crippen MR) is 102 cm³/mol. The second-order valence-electron chi connectivity index (χ2n) is 6.04. The summed E-state index contributed by atoms with van der Waals surface area (Å²) in [6.07, 6.45) is 0.548. The van der Waals surface area contributed by atoms with Gasteiger partial charge in [0.05, 0.1) is 13.2 Å². The largest absolute Gasteiger partial charge is 0.508 e. The number of ether oxygens (including phenoxy) is 1. The van der Waals surface area contributed by atoms with Gasteiger partial charge in [0.15, 0.2) is 17.6 Å². The Bertz CT molecular complexity index is 797. The predicted octanol–water partition coefficient (Wildman–Crippen LogP) is 3.54. The SMILES string of the molecule is CCNC(=NCCc1ccc(OC)cc1O)NC(C)c1ccc(F)c(F)c1. The molecule has 0 fully saturated rings. The molecule has 0 aromatic heterocycles. The first kappa shape index (κ1) is 20.5. The van der Waals surface area contributed by atoms with Crippen molar-refractivity contribution < 1.29 is 18.6 Å². The van der Waals surface area contributed by atoms with Crippen molar-refractivity contribution >= 4 is 5.96 Å². The molecule has 0 spiro atoms. The number of halogens is 2. The van der Waals surface area contributed by atoms with E-state index in [2.05, 4.69) is 15.6 Å². The highest BCUT2D eigenvalue weighted by atomic mass is 19.2. The van der Waals surface area contributed by atoms with Gasteiger partial charge in [-0.25, -0.2) is 8.78 Å². The summed E-state index contributed by atoms with van der Waals surface area (Å²) in [6.45, 7) is 4.88. The Morgan fingerprint density at radius 3 is 2.59 bits per heavy atom. The molecule has 0 heterocycles. The smallest absolute Gasteiger partial charge is 0.191 e. The molecule has 0 radical (unpaired) electrons. The molecule has 0 bridgehead atoms. The maximum atomic E-state index is 13.4. The fraction of sp³-hybridized carbons (Fsp3) is 0.350. The normalized spacial score (nSPS) is 12.6. The fourth-order valence-electron chi connectivity index (χ4n) is 2.56. The lowest BCUT2D eigenvalue weighted by Gasteiger charge is -2.18. The molecule has 146 valence electrons. The highest BCUT2D eigenvalue weighted by Crippen LogP contribution is 2.23. The lowest BCUT2D eigenvalue weighted by atomic mass is 10.1. The summed E-state index contributed by atoms with van der Waals surface area (Å²) >= 11 is 0. The van der Waals surface area contributed by atoms with Gasteiger partial charge in [0.25, 0.3) is 0 Å². The van der Waals surface area contributed by atoms with E-state index in [0.29, 0.717) is 36.8 Å². The number of rotatable bonds is 7. The molecule has 0 aliphatic carbocycles. The first-order valence-electron chi connectivity index (χ1n) is 8.80. The van der Waals surface area contributed by atoms with Crippen LogP contribution in [0, 0.1) is 11.6 Å². The molecule has 1 atom stereocenters. The van der Waals surface area contributed by atoms with Crippen molar-refractivity contribution in [3.8, 4) is 11.5 Å². The van der Waals surface area contributed by atoms with E-state index in [1.165, 1.54) is 12.1 Å². The zero-order chi connectivity index (χ0) is 19.8. The first-order valence-corrected chi connectivity index (χ1v) is 8.80. The van der Waals surface area contributed by atoms with Crippen molar-refractivity contribution in [3.05, 3.63) is 59.2 Å². The van der Waals surface area contributed by atoms with Gasteiger partial charge in [-0.05, 0) is 49.6 Å². The maximum absolute atomic E-state index is 13.4. The Morgan fingerprint density at radius 2 is 1.96 bits per heavy atom.